The lowest BCUT2D eigenvalue weighted by atomic mass is 10.1. The molecule has 3 aromatic rings. The van der Waals surface area contributed by atoms with Gasteiger partial charge in [-0.2, -0.15) is 0 Å². The molecule has 0 radical (unpaired) electrons. The maximum Gasteiger partial charge on any atom is 0.113 e. The normalized spacial score (nSPS) is 10.6. The van der Waals surface area contributed by atoms with E-state index in [1.165, 1.54) is 0 Å². The number of anilines is 1. The topological polar surface area (TPSA) is 56.7 Å². The zero-order chi connectivity index (χ0) is 13.8. The maximum atomic E-state index is 6.00. The number of para-hydroxylation sites is 1. The van der Waals surface area contributed by atoms with E-state index < -0.39 is 0 Å². The van der Waals surface area contributed by atoms with Crippen LogP contribution >= 0.6 is 0 Å². The predicted molar refractivity (Wildman–Crippen MR) is 79.2 cm³/mol. The number of nitrogens with two attached hydrogens (primary N) is 1. The molecule has 1 aromatic carbocycles. The second-order valence-corrected chi connectivity index (χ2v) is 4.71. The van der Waals surface area contributed by atoms with Gasteiger partial charge >= 0.3 is 0 Å². The third-order valence-electron chi connectivity index (χ3n) is 3.28. The number of nitrogens with zero attached hydrogens (tertiary/aromatic N) is 3. The Morgan fingerprint density at radius 2 is 1.95 bits per heavy atom. The summed E-state index contributed by atoms with van der Waals surface area (Å²) >= 11 is 0. The van der Waals surface area contributed by atoms with Gasteiger partial charge < -0.3 is 10.3 Å². The number of benzene rings is 1. The highest BCUT2D eigenvalue weighted by atomic mass is 15.1. The number of hydrogen-bond donors (Lipinski definition) is 1. The van der Waals surface area contributed by atoms with Crippen LogP contribution in [0.15, 0.2) is 61.2 Å². The van der Waals surface area contributed by atoms with Gasteiger partial charge in [0.25, 0.3) is 0 Å². The van der Waals surface area contributed by atoms with Gasteiger partial charge in [-0.15, -0.1) is 0 Å². The average Bonchev–Trinajstić information content (AvgIpc) is 2.90. The summed E-state index contributed by atoms with van der Waals surface area (Å²) in [6.07, 6.45) is 8.23. The smallest absolute Gasteiger partial charge is 0.113 e. The summed E-state index contributed by atoms with van der Waals surface area (Å²) in [6.45, 7) is 0.738. The van der Waals surface area contributed by atoms with Gasteiger partial charge in [0.1, 0.15) is 5.82 Å². The van der Waals surface area contributed by atoms with Crippen LogP contribution in [-0.2, 0) is 13.0 Å². The lowest BCUT2D eigenvalue weighted by Gasteiger charge is -2.10. The van der Waals surface area contributed by atoms with E-state index in [1.54, 1.807) is 6.20 Å². The van der Waals surface area contributed by atoms with Gasteiger partial charge in [0.05, 0.1) is 6.54 Å². The highest BCUT2D eigenvalue weighted by Gasteiger charge is 2.06. The second kappa shape index (κ2) is 5.57. The van der Waals surface area contributed by atoms with E-state index in [2.05, 4.69) is 20.6 Å². The molecule has 2 heterocycles. The molecule has 3 rings (SSSR count). The fraction of sp³-hybridized carbons (Fsp3) is 0.125. The Hall–Kier alpha value is -2.62. The number of aromatic nitrogens is 3. The SMILES string of the molecule is Nc1ccccc1Cn1ccnc1Cc1cccnc1. The Labute approximate surface area is 117 Å². The number of pyridine rings is 1. The van der Waals surface area contributed by atoms with Gasteiger partial charge in [-0.25, -0.2) is 4.98 Å². The molecule has 0 bridgehead atoms. The molecule has 0 saturated carbocycles. The summed E-state index contributed by atoms with van der Waals surface area (Å²) in [7, 11) is 0. The van der Waals surface area contributed by atoms with Crippen molar-refractivity contribution in [2.75, 3.05) is 5.73 Å². The van der Waals surface area contributed by atoms with Gasteiger partial charge in [-0.3, -0.25) is 4.98 Å². The van der Waals surface area contributed by atoms with Crippen molar-refractivity contribution in [3.63, 3.8) is 0 Å². The molecule has 0 atom stereocenters. The Morgan fingerprint density at radius 1 is 1.05 bits per heavy atom. The Kier molecular flexibility index (Phi) is 3.46. The van der Waals surface area contributed by atoms with Crippen molar-refractivity contribution in [1.29, 1.82) is 0 Å². The lowest BCUT2D eigenvalue weighted by molar-refractivity contribution is 0.741. The Morgan fingerprint density at radius 3 is 2.75 bits per heavy atom. The van der Waals surface area contributed by atoms with E-state index in [-0.39, 0.29) is 0 Å². The molecular formula is C16H16N4. The molecule has 0 aliphatic carbocycles. The average molecular weight is 264 g/mol. The van der Waals surface area contributed by atoms with Gasteiger partial charge in [0.2, 0.25) is 0 Å². The Balaban J connectivity index is 1.82. The number of imidazole rings is 1. The molecule has 0 spiro atoms. The molecule has 20 heavy (non-hydrogen) atoms. The molecule has 4 nitrogen and oxygen atoms in total. The summed E-state index contributed by atoms with van der Waals surface area (Å²) in [5.41, 5.74) is 9.07. The van der Waals surface area contributed by atoms with Crippen LogP contribution in [-0.4, -0.2) is 14.5 Å². The van der Waals surface area contributed by atoms with E-state index in [4.69, 9.17) is 5.73 Å². The summed E-state index contributed by atoms with van der Waals surface area (Å²) in [5, 5.41) is 0. The van der Waals surface area contributed by atoms with Crippen molar-refractivity contribution in [1.82, 2.24) is 14.5 Å². The zero-order valence-electron chi connectivity index (χ0n) is 11.1. The monoisotopic (exact) mass is 264 g/mol. The third kappa shape index (κ3) is 2.69. The molecular weight excluding hydrogens is 248 g/mol. The van der Waals surface area contributed by atoms with Gasteiger partial charge in [-0.05, 0) is 23.3 Å². The van der Waals surface area contributed by atoms with Crippen LogP contribution in [0.1, 0.15) is 17.0 Å². The van der Waals surface area contributed by atoms with Crippen molar-refractivity contribution >= 4 is 5.69 Å². The molecule has 100 valence electrons. The molecule has 2 N–H and O–H groups in total. The predicted octanol–water partition coefficient (Wildman–Crippen LogP) is 2.50. The number of nitrogen functional groups attached to an aromatic ring is 1. The number of hydrogen-bond acceptors (Lipinski definition) is 3. The van der Waals surface area contributed by atoms with Crippen LogP contribution in [0, 0.1) is 0 Å². The molecule has 0 amide bonds. The van der Waals surface area contributed by atoms with Crippen LogP contribution < -0.4 is 5.73 Å². The summed E-state index contributed by atoms with van der Waals surface area (Å²) in [5.74, 6) is 1.02. The quantitative estimate of drug-likeness (QED) is 0.737. The molecule has 0 unspecified atom stereocenters. The van der Waals surface area contributed by atoms with Crippen molar-refractivity contribution < 1.29 is 0 Å². The standard InChI is InChI=1S/C16H16N4/c17-15-6-2-1-5-14(15)12-20-9-8-19-16(20)10-13-4-3-7-18-11-13/h1-9,11H,10,12,17H2. The zero-order valence-corrected chi connectivity index (χ0v) is 11.1. The molecule has 0 saturated heterocycles. The van der Waals surface area contributed by atoms with E-state index in [0.717, 1.165) is 35.6 Å². The molecule has 0 aliphatic heterocycles. The van der Waals surface area contributed by atoms with Crippen molar-refractivity contribution in [3.05, 3.63) is 78.1 Å². The van der Waals surface area contributed by atoms with Crippen LogP contribution in [0.3, 0.4) is 0 Å². The first-order chi connectivity index (χ1) is 9.83. The second-order valence-electron chi connectivity index (χ2n) is 4.71. The van der Waals surface area contributed by atoms with Crippen molar-refractivity contribution in [3.8, 4) is 0 Å². The maximum absolute atomic E-state index is 6.00. The fourth-order valence-corrected chi connectivity index (χ4v) is 2.20. The molecule has 4 heteroatoms. The largest absolute Gasteiger partial charge is 0.398 e. The summed E-state index contributed by atoms with van der Waals surface area (Å²) < 4.78 is 2.12. The lowest BCUT2D eigenvalue weighted by Crippen LogP contribution is -2.07. The first-order valence-corrected chi connectivity index (χ1v) is 6.55. The minimum atomic E-state index is 0.738. The van der Waals surface area contributed by atoms with E-state index in [0.29, 0.717) is 0 Å². The molecule has 0 aliphatic rings. The van der Waals surface area contributed by atoms with Crippen molar-refractivity contribution in [2.24, 2.45) is 0 Å². The van der Waals surface area contributed by atoms with Gasteiger partial charge in [0, 0.05) is 36.9 Å². The molecule has 0 fully saturated rings. The van der Waals surface area contributed by atoms with E-state index in [1.807, 2.05) is 48.9 Å². The van der Waals surface area contributed by atoms with Crippen LogP contribution in [0.5, 0.6) is 0 Å². The fourth-order valence-electron chi connectivity index (χ4n) is 2.20. The van der Waals surface area contributed by atoms with Crippen LogP contribution in [0.4, 0.5) is 5.69 Å². The first-order valence-electron chi connectivity index (χ1n) is 6.55. The minimum Gasteiger partial charge on any atom is -0.398 e. The van der Waals surface area contributed by atoms with E-state index >= 15 is 0 Å². The van der Waals surface area contributed by atoms with Gasteiger partial charge in [0.15, 0.2) is 0 Å². The Bertz CT molecular complexity index is 688. The molecule has 2 aromatic heterocycles. The van der Waals surface area contributed by atoms with E-state index in [9.17, 15) is 0 Å². The van der Waals surface area contributed by atoms with Crippen molar-refractivity contribution in [2.45, 2.75) is 13.0 Å². The number of rotatable bonds is 4. The summed E-state index contributed by atoms with van der Waals surface area (Å²) in [6, 6.07) is 11.9. The minimum absolute atomic E-state index is 0.738. The highest BCUT2D eigenvalue weighted by Crippen LogP contribution is 2.14. The van der Waals surface area contributed by atoms with Crippen LogP contribution in [0.25, 0.3) is 0 Å². The summed E-state index contributed by atoms with van der Waals surface area (Å²) in [4.78, 5) is 8.57. The van der Waals surface area contributed by atoms with Crippen LogP contribution in [0.2, 0.25) is 0 Å². The highest BCUT2D eigenvalue weighted by molar-refractivity contribution is 5.46. The first kappa shape index (κ1) is 12.4. The third-order valence-corrected chi connectivity index (χ3v) is 3.28. The van der Waals surface area contributed by atoms with Gasteiger partial charge in [-0.1, -0.05) is 24.3 Å².